The minimum atomic E-state index is -0.422. The first-order chi connectivity index (χ1) is 6.53. The van der Waals surface area contributed by atoms with Gasteiger partial charge < -0.3 is 4.74 Å². The van der Waals surface area contributed by atoms with E-state index in [1.807, 2.05) is 38.1 Å². The van der Waals surface area contributed by atoms with Crippen molar-refractivity contribution in [2.24, 2.45) is 5.41 Å². The molecule has 2 heteroatoms. The SMILES string of the molecule is CC1c2ccccc2OC(=O)C1(C)C. The molecule has 0 radical (unpaired) electrons. The fourth-order valence-corrected chi connectivity index (χ4v) is 1.73. The van der Waals surface area contributed by atoms with Gasteiger partial charge in [-0.25, -0.2) is 0 Å². The molecule has 2 nitrogen and oxygen atoms in total. The Morgan fingerprint density at radius 2 is 1.93 bits per heavy atom. The van der Waals surface area contributed by atoms with Crippen LogP contribution >= 0.6 is 0 Å². The summed E-state index contributed by atoms with van der Waals surface area (Å²) in [5.41, 5.74) is 0.700. The number of hydrogen-bond acceptors (Lipinski definition) is 2. The Morgan fingerprint density at radius 1 is 1.29 bits per heavy atom. The van der Waals surface area contributed by atoms with E-state index in [-0.39, 0.29) is 11.9 Å². The molecule has 1 unspecified atom stereocenters. The third-order valence-electron chi connectivity index (χ3n) is 3.20. The Labute approximate surface area is 83.9 Å². The molecule has 74 valence electrons. The molecule has 0 aliphatic carbocycles. The van der Waals surface area contributed by atoms with E-state index in [1.54, 1.807) is 0 Å². The highest BCUT2D eigenvalue weighted by Crippen LogP contribution is 2.44. The Balaban J connectivity index is 2.55. The first-order valence-electron chi connectivity index (χ1n) is 4.84. The second-order valence-electron chi connectivity index (χ2n) is 4.37. The monoisotopic (exact) mass is 190 g/mol. The van der Waals surface area contributed by atoms with Crippen LogP contribution in [0.15, 0.2) is 24.3 Å². The van der Waals surface area contributed by atoms with Crippen LogP contribution in [0.2, 0.25) is 0 Å². The third-order valence-corrected chi connectivity index (χ3v) is 3.20. The van der Waals surface area contributed by atoms with E-state index in [2.05, 4.69) is 6.92 Å². The number of rotatable bonds is 0. The van der Waals surface area contributed by atoms with Crippen molar-refractivity contribution in [3.8, 4) is 5.75 Å². The lowest BCUT2D eigenvalue weighted by Crippen LogP contribution is -2.37. The quantitative estimate of drug-likeness (QED) is 0.464. The minimum absolute atomic E-state index is 0.135. The van der Waals surface area contributed by atoms with E-state index in [0.29, 0.717) is 5.75 Å². The smallest absolute Gasteiger partial charge is 0.317 e. The lowest BCUT2D eigenvalue weighted by Gasteiger charge is -2.35. The van der Waals surface area contributed by atoms with Gasteiger partial charge in [0.1, 0.15) is 5.75 Å². The molecule has 2 rings (SSSR count). The Hall–Kier alpha value is -1.31. The average molecular weight is 190 g/mol. The molecule has 1 heterocycles. The Kier molecular flexibility index (Phi) is 1.88. The Morgan fingerprint density at radius 3 is 2.64 bits per heavy atom. The van der Waals surface area contributed by atoms with Crippen LogP contribution in [0, 0.1) is 5.41 Å². The second kappa shape index (κ2) is 2.84. The molecule has 0 amide bonds. The maximum atomic E-state index is 11.7. The number of ether oxygens (including phenoxy) is 1. The van der Waals surface area contributed by atoms with Crippen LogP contribution in [0.4, 0.5) is 0 Å². The molecule has 0 spiro atoms. The van der Waals surface area contributed by atoms with Gasteiger partial charge in [0, 0.05) is 5.92 Å². The molecule has 0 saturated carbocycles. The molecule has 0 bridgehead atoms. The van der Waals surface area contributed by atoms with Gasteiger partial charge in [0.15, 0.2) is 0 Å². The fourth-order valence-electron chi connectivity index (χ4n) is 1.73. The maximum Gasteiger partial charge on any atom is 0.317 e. The molecule has 1 aromatic rings. The van der Waals surface area contributed by atoms with Crippen molar-refractivity contribution in [2.45, 2.75) is 26.7 Å². The van der Waals surface area contributed by atoms with Crippen LogP contribution in [0.25, 0.3) is 0 Å². The predicted molar refractivity (Wildman–Crippen MR) is 54.3 cm³/mol. The number of hydrogen-bond donors (Lipinski definition) is 0. The van der Waals surface area contributed by atoms with Crippen LogP contribution in [-0.4, -0.2) is 5.97 Å². The molecule has 1 atom stereocenters. The van der Waals surface area contributed by atoms with E-state index in [9.17, 15) is 4.79 Å². The third kappa shape index (κ3) is 1.14. The van der Waals surface area contributed by atoms with Gasteiger partial charge in [-0.3, -0.25) is 4.79 Å². The number of esters is 1. The fraction of sp³-hybridized carbons (Fsp3) is 0.417. The summed E-state index contributed by atoms with van der Waals surface area (Å²) in [6.45, 7) is 5.92. The summed E-state index contributed by atoms with van der Waals surface area (Å²) in [5, 5.41) is 0. The zero-order chi connectivity index (χ0) is 10.3. The van der Waals surface area contributed by atoms with Crippen LogP contribution in [0.3, 0.4) is 0 Å². The summed E-state index contributed by atoms with van der Waals surface area (Å²) in [4.78, 5) is 11.7. The molecule has 0 aromatic heterocycles. The molecule has 0 N–H and O–H groups in total. The number of fused-ring (bicyclic) bond motifs is 1. The normalized spacial score (nSPS) is 23.9. The lowest BCUT2D eigenvalue weighted by atomic mass is 9.74. The highest BCUT2D eigenvalue weighted by Gasteiger charge is 2.41. The topological polar surface area (TPSA) is 26.3 Å². The number of benzene rings is 1. The number of para-hydroxylation sites is 1. The maximum absolute atomic E-state index is 11.7. The summed E-state index contributed by atoms with van der Waals surface area (Å²) >= 11 is 0. The van der Waals surface area contributed by atoms with E-state index in [1.165, 1.54) is 0 Å². The van der Waals surface area contributed by atoms with Crippen LogP contribution in [0.1, 0.15) is 32.3 Å². The zero-order valence-electron chi connectivity index (χ0n) is 8.70. The van der Waals surface area contributed by atoms with Crippen LogP contribution in [0.5, 0.6) is 5.75 Å². The summed E-state index contributed by atoms with van der Waals surface area (Å²) in [7, 11) is 0. The van der Waals surface area contributed by atoms with Gasteiger partial charge in [0.05, 0.1) is 5.41 Å². The number of carbonyl (C=O) groups is 1. The van der Waals surface area contributed by atoms with Gasteiger partial charge >= 0.3 is 5.97 Å². The van der Waals surface area contributed by atoms with Crippen molar-refractivity contribution in [1.82, 2.24) is 0 Å². The predicted octanol–water partition coefficient (Wildman–Crippen LogP) is 2.74. The molecule has 1 aliphatic heterocycles. The number of carbonyl (C=O) groups excluding carboxylic acids is 1. The van der Waals surface area contributed by atoms with Crippen molar-refractivity contribution in [2.75, 3.05) is 0 Å². The second-order valence-corrected chi connectivity index (χ2v) is 4.37. The summed E-state index contributed by atoms with van der Waals surface area (Å²) in [5.74, 6) is 0.785. The van der Waals surface area contributed by atoms with Crippen LogP contribution in [-0.2, 0) is 4.79 Å². The van der Waals surface area contributed by atoms with Gasteiger partial charge in [0.2, 0.25) is 0 Å². The Bertz CT molecular complexity index is 380. The van der Waals surface area contributed by atoms with Crippen molar-refractivity contribution < 1.29 is 9.53 Å². The summed E-state index contributed by atoms with van der Waals surface area (Å²) in [6.07, 6.45) is 0. The first-order valence-corrected chi connectivity index (χ1v) is 4.84. The van der Waals surface area contributed by atoms with Crippen molar-refractivity contribution in [3.05, 3.63) is 29.8 Å². The van der Waals surface area contributed by atoms with Crippen molar-refractivity contribution >= 4 is 5.97 Å². The van der Waals surface area contributed by atoms with Crippen molar-refractivity contribution in [3.63, 3.8) is 0 Å². The van der Waals surface area contributed by atoms with Gasteiger partial charge in [-0.05, 0) is 25.5 Å². The lowest BCUT2D eigenvalue weighted by molar-refractivity contribution is -0.146. The van der Waals surface area contributed by atoms with Crippen molar-refractivity contribution in [1.29, 1.82) is 0 Å². The van der Waals surface area contributed by atoms with E-state index in [0.717, 1.165) is 5.56 Å². The van der Waals surface area contributed by atoms with E-state index >= 15 is 0 Å². The van der Waals surface area contributed by atoms with Crippen LogP contribution < -0.4 is 4.74 Å². The molecule has 0 fully saturated rings. The standard InChI is InChI=1S/C12H14O2/c1-8-9-6-4-5-7-10(9)14-11(13)12(8,2)3/h4-8H,1-3H3. The molecule has 0 saturated heterocycles. The van der Waals surface area contributed by atoms with Gasteiger partial charge in [-0.1, -0.05) is 25.1 Å². The zero-order valence-corrected chi connectivity index (χ0v) is 8.70. The minimum Gasteiger partial charge on any atom is -0.426 e. The first kappa shape index (κ1) is 9.25. The van der Waals surface area contributed by atoms with Gasteiger partial charge in [-0.15, -0.1) is 0 Å². The molecule has 1 aliphatic rings. The van der Waals surface area contributed by atoms with Gasteiger partial charge in [0.25, 0.3) is 0 Å². The summed E-state index contributed by atoms with van der Waals surface area (Å²) in [6, 6.07) is 7.73. The molecule has 14 heavy (non-hydrogen) atoms. The largest absolute Gasteiger partial charge is 0.426 e. The molecular formula is C12H14O2. The average Bonchev–Trinajstić information content (AvgIpc) is 2.15. The summed E-state index contributed by atoms with van der Waals surface area (Å²) < 4.78 is 5.28. The molecule has 1 aromatic carbocycles. The highest BCUT2D eigenvalue weighted by molar-refractivity contribution is 5.82. The highest BCUT2D eigenvalue weighted by atomic mass is 16.5. The van der Waals surface area contributed by atoms with E-state index < -0.39 is 5.41 Å². The van der Waals surface area contributed by atoms with Gasteiger partial charge in [-0.2, -0.15) is 0 Å². The molecular weight excluding hydrogens is 176 g/mol. The van der Waals surface area contributed by atoms with E-state index in [4.69, 9.17) is 4.74 Å².